The summed E-state index contributed by atoms with van der Waals surface area (Å²) in [6, 6.07) is 6.81. The molecule has 3 amide bonds. The lowest BCUT2D eigenvalue weighted by Gasteiger charge is -2.19. The van der Waals surface area contributed by atoms with Crippen LogP contribution in [0.4, 0.5) is 23.7 Å². The Balaban J connectivity index is 2.12. The monoisotopic (exact) mass is 474 g/mol. The van der Waals surface area contributed by atoms with E-state index < -0.39 is 34.4 Å². The number of rotatable bonds is 5. The van der Waals surface area contributed by atoms with Crippen LogP contribution in [0.25, 0.3) is 0 Å². The molecule has 0 aliphatic carbocycles. The average Bonchev–Trinajstić information content (AvgIpc) is 2.59. The lowest BCUT2D eigenvalue weighted by atomic mass is 10.2. The second kappa shape index (κ2) is 9.09. The maximum absolute atomic E-state index is 13.2. The van der Waals surface area contributed by atoms with Crippen LogP contribution in [0.5, 0.6) is 5.75 Å². The molecule has 1 unspecified atom stereocenters. The van der Waals surface area contributed by atoms with Gasteiger partial charge in [-0.15, -0.1) is 0 Å². The minimum absolute atomic E-state index is 0.0521. The van der Waals surface area contributed by atoms with Gasteiger partial charge in [0, 0.05) is 6.07 Å². The van der Waals surface area contributed by atoms with Crippen LogP contribution in [0.1, 0.15) is 10.4 Å². The van der Waals surface area contributed by atoms with Crippen LogP contribution in [-0.2, 0) is 0 Å². The number of halogens is 7. The van der Waals surface area contributed by atoms with E-state index in [0.29, 0.717) is 0 Å². The molecular weight excluding hydrogens is 467 g/mol. The van der Waals surface area contributed by atoms with Crippen LogP contribution in [0.15, 0.2) is 36.4 Å². The highest BCUT2D eigenvalue weighted by molar-refractivity contribution is 6.37. The first-order valence-electron chi connectivity index (χ1n) is 7.22. The summed E-state index contributed by atoms with van der Waals surface area (Å²) in [5, 5.41) is 3.64. The summed E-state index contributed by atoms with van der Waals surface area (Å²) < 4.78 is 43.2. The van der Waals surface area contributed by atoms with Crippen molar-refractivity contribution in [3.8, 4) is 5.75 Å². The Bertz CT molecular complexity index is 913. The molecule has 0 aliphatic heterocycles. The fraction of sp³-hybridized carbons (Fsp3) is 0.125. The van der Waals surface area contributed by atoms with Crippen molar-refractivity contribution in [2.45, 2.75) is 11.7 Å². The maximum Gasteiger partial charge on any atom is 0.444 e. The summed E-state index contributed by atoms with van der Waals surface area (Å²) in [7, 11) is 0. The Kier molecular flexibility index (Phi) is 7.28. The summed E-state index contributed by atoms with van der Waals surface area (Å²) in [5.74, 6) is -1.46. The van der Waals surface area contributed by atoms with Gasteiger partial charge in [0.15, 0.2) is 0 Å². The standard InChI is InChI=1S/C16H9Cl4F3N2O3/c17-8-4-2-1-3-7(8)13(26)25-15(27)24-11-5-10(19)12(6-9(11)18)28-16(22,23)14(20)21/h1-6,14H,(H2,24,25,26,27). The Labute approximate surface area is 176 Å². The van der Waals surface area contributed by atoms with Crippen molar-refractivity contribution in [2.24, 2.45) is 0 Å². The van der Waals surface area contributed by atoms with Crippen molar-refractivity contribution in [1.82, 2.24) is 5.32 Å². The molecule has 1 atom stereocenters. The third-order valence-electron chi connectivity index (χ3n) is 3.12. The quantitative estimate of drug-likeness (QED) is 0.512. The fourth-order valence-corrected chi connectivity index (χ4v) is 2.53. The number of alkyl halides is 4. The number of urea groups is 1. The molecule has 12 heteroatoms. The molecule has 2 aromatic rings. The average molecular weight is 476 g/mol. The van der Waals surface area contributed by atoms with E-state index in [4.69, 9.17) is 46.4 Å². The molecule has 0 radical (unpaired) electrons. The number of benzene rings is 2. The molecule has 5 nitrogen and oxygen atoms in total. The summed E-state index contributed by atoms with van der Waals surface area (Å²) in [6.07, 6.45) is -4.36. The molecule has 0 aliphatic rings. The number of nitrogens with one attached hydrogen (secondary N) is 2. The number of hydrogen-bond acceptors (Lipinski definition) is 3. The van der Waals surface area contributed by atoms with Crippen LogP contribution in [0.2, 0.25) is 15.1 Å². The van der Waals surface area contributed by atoms with Crippen LogP contribution in [0, 0.1) is 0 Å². The molecule has 0 aromatic heterocycles. The van der Waals surface area contributed by atoms with E-state index in [1.807, 2.05) is 5.32 Å². The lowest BCUT2D eigenvalue weighted by Crippen LogP contribution is -2.34. The smallest absolute Gasteiger partial charge is 0.428 e. The Morgan fingerprint density at radius 1 is 1.04 bits per heavy atom. The summed E-state index contributed by atoms with van der Waals surface area (Å²) in [4.78, 5) is 24.0. The zero-order valence-electron chi connectivity index (χ0n) is 13.4. The van der Waals surface area contributed by atoms with Crippen LogP contribution < -0.4 is 15.4 Å². The van der Waals surface area contributed by atoms with Crippen molar-refractivity contribution in [2.75, 3.05) is 5.32 Å². The van der Waals surface area contributed by atoms with Gasteiger partial charge in [0.2, 0.25) is 0 Å². The molecule has 28 heavy (non-hydrogen) atoms. The maximum atomic E-state index is 13.2. The first kappa shape index (κ1) is 22.4. The second-order valence-electron chi connectivity index (χ2n) is 5.12. The van der Waals surface area contributed by atoms with Gasteiger partial charge in [-0.2, -0.15) is 8.78 Å². The second-order valence-corrected chi connectivity index (χ2v) is 6.72. The van der Waals surface area contributed by atoms with Gasteiger partial charge in [0.05, 0.1) is 26.3 Å². The largest absolute Gasteiger partial charge is 0.444 e. The number of anilines is 1. The van der Waals surface area contributed by atoms with Gasteiger partial charge in [-0.25, -0.2) is 9.18 Å². The number of amides is 3. The molecule has 2 N–H and O–H groups in total. The van der Waals surface area contributed by atoms with Crippen molar-refractivity contribution in [1.29, 1.82) is 0 Å². The fourth-order valence-electron chi connectivity index (χ4n) is 1.86. The van der Waals surface area contributed by atoms with E-state index in [1.54, 1.807) is 12.1 Å². The highest BCUT2D eigenvalue weighted by Gasteiger charge is 2.42. The van der Waals surface area contributed by atoms with Gasteiger partial charge in [-0.05, 0) is 18.2 Å². The van der Waals surface area contributed by atoms with E-state index in [0.717, 1.165) is 12.1 Å². The third-order valence-corrected chi connectivity index (χ3v) is 4.31. The number of hydrogen-bond donors (Lipinski definition) is 2. The highest BCUT2D eigenvalue weighted by Crippen LogP contribution is 2.38. The first-order chi connectivity index (χ1) is 13.0. The van der Waals surface area contributed by atoms with Gasteiger partial charge in [-0.3, -0.25) is 10.1 Å². The normalized spacial score (nSPS) is 12.2. The van der Waals surface area contributed by atoms with E-state index in [2.05, 4.69) is 10.1 Å². The number of ether oxygens (including phenoxy) is 1. The molecular formula is C16H9Cl4F3N2O3. The summed E-state index contributed by atoms with van der Waals surface area (Å²) >= 11 is 22.2. The van der Waals surface area contributed by atoms with E-state index in [1.165, 1.54) is 12.1 Å². The Morgan fingerprint density at radius 2 is 1.68 bits per heavy atom. The molecule has 2 rings (SSSR count). The zero-order valence-corrected chi connectivity index (χ0v) is 16.4. The SMILES string of the molecule is O=C(NC(=O)c1ccccc1Cl)Nc1cc(Cl)c(OC(F)(F)C(F)Cl)cc1Cl. The van der Waals surface area contributed by atoms with Gasteiger partial charge >= 0.3 is 12.1 Å². The van der Waals surface area contributed by atoms with E-state index in [-0.39, 0.29) is 21.3 Å². The van der Waals surface area contributed by atoms with E-state index in [9.17, 15) is 22.8 Å². The highest BCUT2D eigenvalue weighted by atomic mass is 35.5. The molecule has 2 aromatic carbocycles. The van der Waals surface area contributed by atoms with Gasteiger partial charge < -0.3 is 10.1 Å². The molecule has 0 spiro atoms. The Morgan fingerprint density at radius 3 is 2.29 bits per heavy atom. The van der Waals surface area contributed by atoms with Crippen molar-refractivity contribution in [3.63, 3.8) is 0 Å². The van der Waals surface area contributed by atoms with Crippen LogP contribution in [-0.4, -0.2) is 23.7 Å². The van der Waals surface area contributed by atoms with Gasteiger partial charge in [0.1, 0.15) is 5.75 Å². The molecule has 0 saturated heterocycles. The minimum atomic E-state index is -4.36. The lowest BCUT2D eigenvalue weighted by molar-refractivity contribution is -0.198. The predicted octanol–water partition coefficient (Wildman–Crippen LogP) is 6.11. The first-order valence-corrected chi connectivity index (χ1v) is 8.79. The van der Waals surface area contributed by atoms with Crippen LogP contribution in [0.3, 0.4) is 0 Å². The zero-order chi connectivity index (χ0) is 21.1. The topological polar surface area (TPSA) is 67.4 Å². The third kappa shape index (κ3) is 5.57. The molecule has 0 bridgehead atoms. The number of imide groups is 1. The number of carbonyl (C=O) groups is 2. The number of carbonyl (C=O) groups excluding carboxylic acids is 2. The molecule has 0 saturated carbocycles. The summed E-state index contributed by atoms with van der Waals surface area (Å²) in [6.45, 7) is 0. The molecule has 0 fully saturated rings. The molecule has 150 valence electrons. The van der Waals surface area contributed by atoms with Crippen molar-refractivity contribution >= 4 is 64.0 Å². The van der Waals surface area contributed by atoms with Crippen molar-refractivity contribution < 1.29 is 27.5 Å². The minimum Gasteiger partial charge on any atom is -0.428 e. The van der Waals surface area contributed by atoms with Gasteiger partial charge in [0.25, 0.3) is 11.5 Å². The Hall–Kier alpha value is -1.87. The summed E-state index contributed by atoms with van der Waals surface area (Å²) in [5.41, 5.74) is -3.20. The van der Waals surface area contributed by atoms with Crippen molar-refractivity contribution in [3.05, 3.63) is 57.0 Å². The van der Waals surface area contributed by atoms with Gasteiger partial charge in [-0.1, -0.05) is 58.5 Å². The van der Waals surface area contributed by atoms with Crippen LogP contribution >= 0.6 is 46.4 Å². The molecule has 0 heterocycles. The predicted molar refractivity (Wildman–Crippen MR) is 101 cm³/mol. The van der Waals surface area contributed by atoms with E-state index >= 15 is 0 Å².